The van der Waals surface area contributed by atoms with E-state index < -0.39 is 20.0 Å². The lowest BCUT2D eigenvalue weighted by Crippen LogP contribution is -2.47. The minimum Gasteiger partial charge on any atom is -0.756 e. The third-order valence-corrected chi connectivity index (χ3v) is 17.4. The van der Waals surface area contributed by atoms with Crippen LogP contribution >= 0.6 is 7.82 Å². The van der Waals surface area contributed by atoms with Crippen molar-refractivity contribution >= 4 is 19.7 Å². The Labute approximate surface area is 499 Å². The zero-order valence-corrected chi connectivity index (χ0v) is 55.5. The van der Waals surface area contributed by atoms with Gasteiger partial charge < -0.3 is 28.5 Å². The molecule has 0 aromatic heterocycles. The standard InChI is InChI=1S/C70H139N2O7P/c1-7-10-13-16-19-22-25-28-30-31-32-33-34-35-36-37-38-39-40-41-43-44-47-50-53-56-59-62-69(73)71-67(66-78-80(75,76)77-65-64-72(4,5)6)68(61-58-55-52-49-46-27-24-21-18-15-12-9-3)79-70(74)63-60-57-54-51-48-45-42-29-26-23-20-17-14-11-8-2/h58,61,67-68H,7-57,59-60,62-66H2,1-6H3,(H-,71,73,75,76)/b61-58-. The van der Waals surface area contributed by atoms with E-state index in [1.807, 2.05) is 33.3 Å². The fourth-order valence-electron chi connectivity index (χ4n) is 11.0. The number of quaternary nitrogens is 1. The normalized spacial score (nSPS) is 13.5. The number of phosphoric ester groups is 1. The quantitative estimate of drug-likeness (QED) is 0.0212. The Hall–Kier alpha value is -1.25. The van der Waals surface area contributed by atoms with Gasteiger partial charge in [-0.3, -0.25) is 14.2 Å². The molecular weight excluding hydrogens is 1010 g/mol. The summed E-state index contributed by atoms with van der Waals surface area (Å²) in [7, 11) is 1.21. The SMILES string of the molecule is CCCCCCCCCCCC/C=C\C(OC(=O)CCCCCCCCCCCCCCCCC)C(COP(=O)([O-])OCC[N+](C)(C)C)NC(=O)CCCCCCCCCCCCCCCCCCCCCCCCCCCCC. The molecular formula is C70H139N2O7P. The van der Waals surface area contributed by atoms with E-state index in [-0.39, 0.29) is 31.5 Å². The van der Waals surface area contributed by atoms with E-state index in [1.165, 1.54) is 283 Å². The highest BCUT2D eigenvalue weighted by molar-refractivity contribution is 7.45. The van der Waals surface area contributed by atoms with Crippen LogP contribution in [0.1, 0.15) is 374 Å². The first-order chi connectivity index (χ1) is 38.9. The Balaban J connectivity index is 4.93. The molecule has 0 saturated carbocycles. The maximum absolute atomic E-state index is 13.6. The molecule has 0 aliphatic rings. The zero-order valence-electron chi connectivity index (χ0n) is 54.6. The molecule has 10 heteroatoms. The lowest BCUT2D eigenvalue weighted by atomic mass is 10.0. The third kappa shape index (κ3) is 61.3. The molecule has 0 heterocycles. The van der Waals surface area contributed by atoms with Crippen LogP contribution in [-0.2, 0) is 27.9 Å². The molecule has 3 unspecified atom stereocenters. The Morgan fingerprint density at radius 2 is 0.713 bits per heavy atom. The fraction of sp³-hybridized carbons (Fsp3) is 0.943. The number of amides is 1. The smallest absolute Gasteiger partial charge is 0.306 e. The predicted octanol–water partition coefficient (Wildman–Crippen LogP) is 21.7. The van der Waals surface area contributed by atoms with E-state index >= 15 is 0 Å². The monoisotopic (exact) mass is 1150 g/mol. The Kier molecular flexibility index (Phi) is 59.9. The Bertz CT molecular complexity index is 1370. The average Bonchev–Trinajstić information content (AvgIpc) is 3.42. The number of carbonyl (C=O) groups is 2. The van der Waals surface area contributed by atoms with Crippen LogP contribution in [0, 0.1) is 0 Å². The summed E-state index contributed by atoms with van der Waals surface area (Å²) in [6.45, 7) is 6.92. The Morgan fingerprint density at radius 3 is 1.02 bits per heavy atom. The Morgan fingerprint density at radius 1 is 0.425 bits per heavy atom. The number of hydrogen-bond acceptors (Lipinski definition) is 7. The molecule has 1 amide bonds. The number of nitrogens with zero attached hydrogens (tertiary/aromatic N) is 1. The summed E-state index contributed by atoms with van der Waals surface area (Å²) in [5.41, 5.74) is 0. The van der Waals surface area contributed by atoms with Gasteiger partial charge in [0.1, 0.15) is 19.3 Å². The van der Waals surface area contributed by atoms with E-state index in [4.69, 9.17) is 13.8 Å². The molecule has 80 heavy (non-hydrogen) atoms. The number of rotatable bonds is 66. The molecule has 0 fully saturated rings. The van der Waals surface area contributed by atoms with Gasteiger partial charge in [0.2, 0.25) is 5.91 Å². The van der Waals surface area contributed by atoms with E-state index in [0.29, 0.717) is 17.4 Å². The lowest BCUT2D eigenvalue weighted by molar-refractivity contribution is -0.870. The van der Waals surface area contributed by atoms with Crippen LogP contribution in [0.4, 0.5) is 0 Å². The second-order valence-corrected chi connectivity index (χ2v) is 27.2. The van der Waals surface area contributed by atoms with Gasteiger partial charge in [-0.25, -0.2) is 0 Å². The topological polar surface area (TPSA) is 114 Å². The van der Waals surface area contributed by atoms with E-state index in [0.717, 1.165) is 57.8 Å². The van der Waals surface area contributed by atoms with Crippen LogP contribution in [0.2, 0.25) is 0 Å². The number of carbonyl (C=O) groups excluding carboxylic acids is 2. The van der Waals surface area contributed by atoms with Crippen LogP contribution in [0.15, 0.2) is 12.2 Å². The van der Waals surface area contributed by atoms with Crippen molar-refractivity contribution in [1.82, 2.24) is 5.32 Å². The third-order valence-electron chi connectivity index (χ3n) is 16.5. The van der Waals surface area contributed by atoms with E-state index in [2.05, 4.69) is 26.1 Å². The van der Waals surface area contributed by atoms with Crippen molar-refractivity contribution in [2.45, 2.75) is 386 Å². The van der Waals surface area contributed by atoms with E-state index in [9.17, 15) is 19.0 Å². The molecule has 0 aromatic carbocycles. The molecule has 1 N–H and O–H groups in total. The van der Waals surface area contributed by atoms with Crippen LogP contribution in [0.5, 0.6) is 0 Å². The number of allylic oxidation sites excluding steroid dienone is 1. The summed E-state index contributed by atoms with van der Waals surface area (Å²) in [5, 5.41) is 3.05. The highest BCUT2D eigenvalue weighted by Crippen LogP contribution is 2.38. The van der Waals surface area contributed by atoms with Gasteiger partial charge in [0.05, 0.1) is 33.8 Å². The van der Waals surface area contributed by atoms with Gasteiger partial charge in [0.25, 0.3) is 7.82 Å². The minimum atomic E-state index is -4.69. The molecule has 0 aromatic rings. The fourth-order valence-corrected chi connectivity index (χ4v) is 11.7. The van der Waals surface area contributed by atoms with Gasteiger partial charge in [-0.15, -0.1) is 0 Å². The van der Waals surface area contributed by atoms with Crippen molar-refractivity contribution in [3.8, 4) is 0 Å². The van der Waals surface area contributed by atoms with Crippen LogP contribution in [0.3, 0.4) is 0 Å². The maximum Gasteiger partial charge on any atom is 0.306 e. The van der Waals surface area contributed by atoms with E-state index in [1.54, 1.807) is 0 Å². The zero-order chi connectivity index (χ0) is 58.6. The van der Waals surface area contributed by atoms with Crippen LogP contribution in [-0.4, -0.2) is 69.4 Å². The van der Waals surface area contributed by atoms with Crippen molar-refractivity contribution in [1.29, 1.82) is 0 Å². The number of esters is 1. The van der Waals surface area contributed by atoms with Crippen LogP contribution in [0.25, 0.3) is 0 Å². The average molecular weight is 1150 g/mol. The number of ether oxygens (including phenoxy) is 1. The second kappa shape index (κ2) is 60.9. The summed E-state index contributed by atoms with van der Waals surface area (Å²) in [5.74, 6) is -0.515. The molecule has 0 aliphatic heterocycles. The van der Waals surface area contributed by atoms with Crippen molar-refractivity contribution in [2.24, 2.45) is 0 Å². The number of hydrogen-bond donors (Lipinski definition) is 1. The molecule has 0 rings (SSSR count). The molecule has 0 radical (unpaired) electrons. The summed E-state index contributed by atoms with van der Waals surface area (Å²) >= 11 is 0. The first-order valence-corrected chi connectivity index (χ1v) is 37.0. The number of unbranched alkanes of at least 4 members (excludes halogenated alkanes) is 50. The molecule has 0 saturated heterocycles. The second-order valence-electron chi connectivity index (χ2n) is 25.8. The van der Waals surface area contributed by atoms with Gasteiger partial charge in [-0.05, 0) is 31.8 Å². The highest BCUT2D eigenvalue weighted by Gasteiger charge is 2.27. The lowest BCUT2D eigenvalue weighted by Gasteiger charge is -2.30. The van der Waals surface area contributed by atoms with Crippen molar-refractivity contribution in [2.75, 3.05) is 40.9 Å². The number of nitrogens with one attached hydrogen (secondary N) is 1. The molecule has 0 aliphatic carbocycles. The predicted molar refractivity (Wildman–Crippen MR) is 344 cm³/mol. The minimum absolute atomic E-state index is 0.0165. The van der Waals surface area contributed by atoms with Gasteiger partial charge in [-0.1, -0.05) is 341 Å². The summed E-state index contributed by atoms with van der Waals surface area (Å²) < 4.78 is 30.4. The maximum atomic E-state index is 13.6. The number of phosphoric acid groups is 1. The molecule has 476 valence electrons. The number of likely N-dealkylation sites (N-methyl/N-ethyl adjacent to an activating group) is 1. The summed E-state index contributed by atoms with van der Waals surface area (Å²) in [4.78, 5) is 40.1. The molecule has 0 bridgehead atoms. The summed E-state index contributed by atoms with van der Waals surface area (Å²) in [6.07, 6.45) is 72.0. The molecule has 3 atom stereocenters. The summed E-state index contributed by atoms with van der Waals surface area (Å²) in [6, 6.07) is -0.880. The van der Waals surface area contributed by atoms with Gasteiger partial charge in [-0.2, -0.15) is 0 Å². The van der Waals surface area contributed by atoms with Gasteiger partial charge >= 0.3 is 5.97 Å². The molecule has 0 spiro atoms. The molecule has 9 nitrogen and oxygen atoms in total. The van der Waals surface area contributed by atoms with Gasteiger partial charge in [0.15, 0.2) is 0 Å². The van der Waals surface area contributed by atoms with Gasteiger partial charge in [0, 0.05) is 12.8 Å². The van der Waals surface area contributed by atoms with Crippen molar-refractivity contribution in [3.63, 3.8) is 0 Å². The van der Waals surface area contributed by atoms with Crippen molar-refractivity contribution < 1.29 is 37.3 Å². The van der Waals surface area contributed by atoms with Crippen molar-refractivity contribution in [3.05, 3.63) is 12.2 Å². The largest absolute Gasteiger partial charge is 0.756 e. The highest BCUT2D eigenvalue weighted by atomic mass is 31.2. The first kappa shape index (κ1) is 78.8. The van der Waals surface area contributed by atoms with Crippen LogP contribution < -0.4 is 10.2 Å². The first-order valence-electron chi connectivity index (χ1n) is 35.5.